The first-order valence-electron chi connectivity index (χ1n) is 7.55. The van der Waals surface area contributed by atoms with E-state index in [1.54, 1.807) is 0 Å². The van der Waals surface area contributed by atoms with E-state index in [0.717, 1.165) is 23.8 Å². The number of unbranched alkanes of at least 4 members (excludes halogenated alkanes) is 1. The topological polar surface area (TPSA) is 30.5 Å². The smallest absolute Gasteiger partial charge is 0.161 e. The fourth-order valence-electron chi connectivity index (χ4n) is 2.24. The third kappa shape index (κ3) is 4.32. The van der Waals surface area contributed by atoms with Gasteiger partial charge in [-0.3, -0.25) is 0 Å². The van der Waals surface area contributed by atoms with Gasteiger partial charge in [0.1, 0.15) is 13.2 Å². The van der Waals surface area contributed by atoms with Crippen LogP contribution in [0.4, 0.5) is 0 Å². The fraction of sp³-hybridized carbons (Fsp3) is 0.625. The van der Waals surface area contributed by atoms with Crippen LogP contribution in [-0.2, 0) is 0 Å². The Kier molecular flexibility index (Phi) is 6.54. The van der Waals surface area contributed by atoms with E-state index in [4.69, 9.17) is 9.47 Å². The Morgan fingerprint density at radius 3 is 2.75 bits per heavy atom. The Morgan fingerprint density at radius 1 is 1.20 bits per heavy atom. The second-order valence-electron chi connectivity index (χ2n) is 4.94. The number of nitrogens with one attached hydrogen (secondary N) is 1. The van der Waals surface area contributed by atoms with E-state index in [2.05, 4.69) is 31.3 Å². The molecule has 1 heterocycles. The largest absolute Gasteiger partial charge is 0.486 e. The van der Waals surface area contributed by atoms with Crippen molar-refractivity contribution in [1.29, 1.82) is 0 Å². The van der Waals surface area contributed by atoms with E-state index in [0.29, 0.717) is 19.3 Å². The van der Waals surface area contributed by atoms with Crippen molar-refractivity contribution in [2.75, 3.05) is 31.3 Å². The van der Waals surface area contributed by atoms with Gasteiger partial charge in [0.05, 0.1) is 0 Å². The summed E-state index contributed by atoms with van der Waals surface area (Å²) in [6.07, 6.45) is 2.56. The predicted octanol–water partition coefficient (Wildman–Crippen LogP) is 3.64. The maximum absolute atomic E-state index is 5.68. The molecular formula is C16H25NO2S. The van der Waals surface area contributed by atoms with Gasteiger partial charge >= 0.3 is 0 Å². The molecule has 0 saturated heterocycles. The summed E-state index contributed by atoms with van der Waals surface area (Å²) in [5.41, 5.74) is 1.29. The van der Waals surface area contributed by atoms with Gasteiger partial charge < -0.3 is 14.8 Å². The molecule has 1 unspecified atom stereocenters. The lowest BCUT2D eigenvalue weighted by Gasteiger charge is -2.22. The van der Waals surface area contributed by atoms with Gasteiger partial charge in [-0.15, -0.1) is 0 Å². The SMILES string of the molecule is CCCCSCC(NCC)c1ccc2c(c1)OCCO2. The van der Waals surface area contributed by atoms with Crippen molar-refractivity contribution in [2.24, 2.45) is 0 Å². The number of thioether (sulfide) groups is 1. The Labute approximate surface area is 126 Å². The Bertz CT molecular complexity index is 411. The zero-order valence-electron chi connectivity index (χ0n) is 12.5. The molecule has 0 saturated carbocycles. The Hall–Kier alpha value is -0.870. The van der Waals surface area contributed by atoms with Crippen LogP contribution in [0.15, 0.2) is 18.2 Å². The fourth-order valence-corrected chi connectivity index (χ4v) is 3.45. The highest BCUT2D eigenvalue weighted by atomic mass is 32.2. The molecule has 20 heavy (non-hydrogen) atoms. The summed E-state index contributed by atoms with van der Waals surface area (Å²) in [6.45, 7) is 6.67. The summed E-state index contributed by atoms with van der Waals surface area (Å²) < 4.78 is 11.3. The van der Waals surface area contributed by atoms with Crippen LogP contribution in [0, 0.1) is 0 Å². The number of ether oxygens (including phenoxy) is 2. The molecule has 1 N–H and O–H groups in total. The van der Waals surface area contributed by atoms with Gasteiger partial charge in [-0.25, -0.2) is 0 Å². The molecule has 4 heteroatoms. The lowest BCUT2D eigenvalue weighted by atomic mass is 10.1. The molecule has 2 rings (SSSR count). The van der Waals surface area contributed by atoms with Gasteiger partial charge in [-0.2, -0.15) is 11.8 Å². The van der Waals surface area contributed by atoms with Gasteiger partial charge in [0.2, 0.25) is 0 Å². The number of hydrogen-bond acceptors (Lipinski definition) is 4. The summed E-state index contributed by atoms with van der Waals surface area (Å²) in [4.78, 5) is 0. The highest BCUT2D eigenvalue weighted by Crippen LogP contribution is 2.33. The van der Waals surface area contributed by atoms with Crippen molar-refractivity contribution in [3.8, 4) is 11.5 Å². The number of hydrogen-bond donors (Lipinski definition) is 1. The third-order valence-electron chi connectivity index (χ3n) is 3.35. The van der Waals surface area contributed by atoms with E-state index < -0.39 is 0 Å². The molecule has 1 atom stereocenters. The monoisotopic (exact) mass is 295 g/mol. The van der Waals surface area contributed by atoms with Crippen molar-refractivity contribution < 1.29 is 9.47 Å². The van der Waals surface area contributed by atoms with E-state index in [1.165, 1.54) is 24.2 Å². The quantitative estimate of drug-likeness (QED) is 0.742. The summed E-state index contributed by atoms with van der Waals surface area (Å²) in [7, 11) is 0. The van der Waals surface area contributed by atoms with Crippen LogP contribution in [0.5, 0.6) is 11.5 Å². The number of fused-ring (bicyclic) bond motifs is 1. The molecule has 0 fully saturated rings. The number of rotatable bonds is 8. The highest BCUT2D eigenvalue weighted by Gasteiger charge is 2.16. The van der Waals surface area contributed by atoms with E-state index in [9.17, 15) is 0 Å². The van der Waals surface area contributed by atoms with Crippen LogP contribution in [0.25, 0.3) is 0 Å². The van der Waals surface area contributed by atoms with E-state index in [-0.39, 0.29) is 0 Å². The van der Waals surface area contributed by atoms with Gasteiger partial charge in [0, 0.05) is 11.8 Å². The van der Waals surface area contributed by atoms with Gasteiger partial charge in [0.15, 0.2) is 11.5 Å². The van der Waals surface area contributed by atoms with Crippen LogP contribution in [-0.4, -0.2) is 31.3 Å². The molecule has 1 aromatic carbocycles. The first-order valence-corrected chi connectivity index (χ1v) is 8.71. The minimum atomic E-state index is 0.387. The van der Waals surface area contributed by atoms with Crippen LogP contribution in [0.3, 0.4) is 0 Å². The molecule has 3 nitrogen and oxygen atoms in total. The molecule has 0 bridgehead atoms. The summed E-state index contributed by atoms with van der Waals surface area (Å²) in [6, 6.07) is 6.70. The Morgan fingerprint density at radius 2 is 2.00 bits per heavy atom. The predicted molar refractivity (Wildman–Crippen MR) is 86.1 cm³/mol. The average Bonchev–Trinajstić information content (AvgIpc) is 2.50. The molecule has 0 amide bonds. The number of benzene rings is 1. The van der Waals surface area contributed by atoms with Crippen molar-refractivity contribution >= 4 is 11.8 Å². The molecule has 0 aromatic heterocycles. The van der Waals surface area contributed by atoms with Gasteiger partial charge in [-0.05, 0) is 36.4 Å². The molecule has 1 aliphatic rings. The zero-order chi connectivity index (χ0) is 14.2. The minimum Gasteiger partial charge on any atom is -0.486 e. The maximum atomic E-state index is 5.68. The summed E-state index contributed by atoms with van der Waals surface area (Å²) in [5.74, 6) is 4.10. The molecular weight excluding hydrogens is 270 g/mol. The van der Waals surface area contributed by atoms with Gasteiger partial charge in [-0.1, -0.05) is 26.3 Å². The molecule has 1 aromatic rings. The molecule has 0 spiro atoms. The van der Waals surface area contributed by atoms with Crippen LogP contribution < -0.4 is 14.8 Å². The van der Waals surface area contributed by atoms with Crippen molar-refractivity contribution in [2.45, 2.75) is 32.7 Å². The maximum Gasteiger partial charge on any atom is 0.161 e. The highest BCUT2D eigenvalue weighted by molar-refractivity contribution is 7.99. The van der Waals surface area contributed by atoms with Crippen molar-refractivity contribution in [1.82, 2.24) is 5.32 Å². The zero-order valence-corrected chi connectivity index (χ0v) is 13.3. The normalized spacial score (nSPS) is 15.1. The standard InChI is InChI=1S/C16H25NO2S/c1-3-5-10-20-12-14(17-4-2)13-6-7-15-16(11-13)19-9-8-18-15/h6-7,11,14,17H,3-5,8-10,12H2,1-2H3. The second-order valence-corrected chi connectivity index (χ2v) is 6.09. The minimum absolute atomic E-state index is 0.387. The van der Waals surface area contributed by atoms with Crippen molar-refractivity contribution in [3.05, 3.63) is 23.8 Å². The summed E-state index contributed by atoms with van der Waals surface area (Å²) >= 11 is 2.02. The van der Waals surface area contributed by atoms with Gasteiger partial charge in [0.25, 0.3) is 0 Å². The van der Waals surface area contributed by atoms with Crippen LogP contribution in [0.1, 0.15) is 38.3 Å². The molecule has 1 aliphatic heterocycles. The lowest BCUT2D eigenvalue weighted by Crippen LogP contribution is -2.23. The Balaban J connectivity index is 2.00. The van der Waals surface area contributed by atoms with E-state index >= 15 is 0 Å². The van der Waals surface area contributed by atoms with Crippen LogP contribution >= 0.6 is 11.8 Å². The van der Waals surface area contributed by atoms with E-state index in [1.807, 2.05) is 17.8 Å². The average molecular weight is 295 g/mol. The second kappa shape index (κ2) is 8.42. The first-order chi connectivity index (χ1) is 9.85. The molecule has 0 aliphatic carbocycles. The van der Waals surface area contributed by atoms with Crippen molar-refractivity contribution in [3.63, 3.8) is 0 Å². The summed E-state index contributed by atoms with van der Waals surface area (Å²) in [5, 5.41) is 3.57. The first kappa shape index (κ1) is 15.5. The molecule has 112 valence electrons. The molecule has 0 radical (unpaired) electrons. The van der Waals surface area contributed by atoms with Crippen LogP contribution in [0.2, 0.25) is 0 Å². The third-order valence-corrected chi connectivity index (χ3v) is 4.49. The lowest BCUT2D eigenvalue weighted by molar-refractivity contribution is 0.171.